The predicted molar refractivity (Wildman–Crippen MR) is 92.6 cm³/mol. The second-order valence-electron chi connectivity index (χ2n) is 6.44. The number of aliphatic hydroxyl groups is 1. The van der Waals surface area contributed by atoms with Gasteiger partial charge in [0.25, 0.3) is 0 Å². The summed E-state index contributed by atoms with van der Waals surface area (Å²) >= 11 is 2.19. The molecule has 0 bridgehead atoms. The molecule has 1 saturated carbocycles. The summed E-state index contributed by atoms with van der Waals surface area (Å²) in [6, 6.07) is 6.38. The van der Waals surface area contributed by atoms with Crippen LogP contribution in [0.3, 0.4) is 0 Å². The minimum atomic E-state index is -0.120. The number of halogens is 1. The second kappa shape index (κ2) is 6.84. The van der Waals surface area contributed by atoms with Crippen molar-refractivity contribution in [3.8, 4) is 5.75 Å². The lowest BCUT2D eigenvalue weighted by atomic mass is 9.86. The molecule has 0 amide bonds. The topological polar surface area (TPSA) is 43.7 Å². The number of likely N-dealkylation sites (tertiary alicyclic amines) is 1. The van der Waals surface area contributed by atoms with Crippen LogP contribution in [0, 0.1) is 3.57 Å². The number of rotatable bonds is 2. The number of hydrogen-bond donors (Lipinski definition) is 2. The summed E-state index contributed by atoms with van der Waals surface area (Å²) in [5.41, 5.74) is 1.35. The third kappa shape index (κ3) is 3.54. The van der Waals surface area contributed by atoms with Crippen molar-refractivity contribution >= 4 is 22.6 Å². The normalized spacial score (nSPS) is 28.7. The van der Waals surface area contributed by atoms with Crippen LogP contribution in [0.1, 0.15) is 50.0 Å². The Labute approximate surface area is 140 Å². The highest BCUT2D eigenvalue weighted by Gasteiger charge is 2.31. The van der Waals surface area contributed by atoms with Crippen LogP contribution in [0.15, 0.2) is 18.2 Å². The van der Waals surface area contributed by atoms with Crippen molar-refractivity contribution in [3.63, 3.8) is 0 Å². The van der Waals surface area contributed by atoms with E-state index in [9.17, 15) is 10.2 Å². The minimum Gasteiger partial charge on any atom is -0.507 e. The Morgan fingerprint density at radius 2 is 1.76 bits per heavy atom. The standard InChI is InChI=1S/C17H24INO2/c18-14-11-13(5-6-16(14)20)12-7-9-19(10-8-12)15-3-1-2-4-17(15)21/h5-6,11-12,15,17,20-21H,1-4,7-10H2/t15-,17-/m1/s1. The highest BCUT2D eigenvalue weighted by atomic mass is 127. The number of nitrogens with zero attached hydrogens (tertiary/aromatic N) is 1. The molecule has 2 N–H and O–H groups in total. The van der Waals surface area contributed by atoms with Crippen LogP contribution in [0.5, 0.6) is 5.75 Å². The van der Waals surface area contributed by atoms with E-state index in [4.69, 9.17) is 0 Å². The van der Waals surface area contributed by atoms with Gasteiger partial charge in [-0.1, -0.05) is 18.9 Å². The van der Waals surface area contributed by atoms with Gasteiger partial charge in [-0.05, 0) is 85.0 Å². The number of aromatic hydroxyl groups is 1. The number of phenolic OH excluding ortho intramolecular Hbond substituents is 1. The van der Waals surface area contributed by atoms with Crippen LogP contribution in [0.25, 0.3) is 0 Å². The first-order chi connectivity index (χ1) is 10.1. The summed E-state index contributed by atoms with van der Waals surface area (Å²) in [6.07, 6.45) is 6.76. The first-order valence-electron chi connectivity index (χ1n) is 8.05. The summed E-state index contributed by atoms with van der Waals surface area (Å²) in [5.74, 6) is 0.971. The molecule has 116 valence electrons. The number of benzene rings is 1. The SMILES string of the molecule is Oc1ccc(C2CCN([C@@H]3CCCC[C@H]3O)CC2)cc1I. The van der Waals surface area contributed by atoms with Crippen molar-refractivity contribution in [2.45, 2.75) is 56.6 Å². The van der Waals surface area contributed by atoms with Gasteiger partial charge in [-0.15, -0.1) is 0 Å². The molecule has 1 saturated heterocycles. The molecule has 4 heteroatoms. The summed E-state index contributed by atoms with van der Waals surface area (Å²) in [7, 11) is 0. The van der Waals surface area contributed by atoms with Crippen molar-refractivity contribution < 1.29 is 10.2 Å². The van der Waals surface area contributed by atoms with E-state index >= 15 is 0 Å². The Morgan fingerprint density at radius 1 is 1.05 bits per heavy atom. The Bertz CT molecular complexity index is 486. The summed E-state index contributed by atoms with van der Waals surface area (Å²) in [4.78, 5) is 2.51. The fraction of sp³-hybridized carbons (Fsp3) is 0.647. The van der Waals surface area contributed by atoms with Gasteiger partial charge in [-0.25, -0.2) is 0 Å². The Hall–Kier alpha value is -0.330. The molecule has 0 radical (unpaired) electrons. The number of piperidine rings is 1. The van der Waals surface area contributed by atoms with Crippen LogP contribution in [-0.4, -0.2) is 40.3 Å². The van der Waals surface area contributed by atoms with Gasteiger partial charge in [0.15, 0.2) is 0 Å². The van der Waals surface area contributed by atoms with Crippen LogP contribution in [-0.2, 0) is 0 Å². The van der Waals surface area contributed by atoms with Crippen LogP contribution < -0.4 is 0 Å². The lowest BCUT2D eigenvalue weighted by Gasteiger charge is -2.41. The molecule has 1 aliphatic heterocycles. The minimum absolute atomic E-state index is 0.120. The zero-order valence-corrected chi connectivity index (χ0v) is 14.5. The van der Waals surface area contributed by atoms with E-state index in [1.807, 2.05) is 6.07 Å². The Balaban J connectivity index is 1.60. The highest BCUT2D eigenvalue weighted by Crippen LogP contribution is 2.34. The van der Waals surface area contributed by atoms with Gasteiger partial charge >= 0.3 is 0 Å². The van der Waals surface area contributed by atoms with Crippen molar-refractivity contribution in [1.82, 2.24) is 4.90 Å². The van der Waals surface area contributed by atoms with Crippen LogP contribution >= 0.6 is 22.6 Å². The van der Waals surface area contributed by atoms with Crippen LogP contribution in [0.2, 0.25) is 0 Å². The second-order valence-corrected chi connectivity index (χ2v) is 7.60. The quantitative estimate of drug-likeness (QED) is 0.746. The third-order valence-corrected chi connectivity index (χ3v) is 6.00. The Morgan fingerprint density at radius 3 is 2.43 bits per heavy atom. The molecule has 1 aliphatic carbocycles. The van der Waals surface area contributed by atoms with Crippen molar-refractivity contribution in [1.29, 1.82) is 0 Å². The first kappa shape index (κ1) is 15.6. The van der Waals surface area contributed by atoms with Gasteiger partial charge in [0.2, 0.25) is 0 Å². The zero-order chi connectivity index (χ0) is 14.8. The van der Waals surface area contributed by atoms with Crippen molar-refractivity contribution in [2.24, 2.45) is 0 Å². The average Bonchev–Trinajstić information content (AvgIpc) is 2.51. The predicted octanol–water partition coefficient (Wildman–Crippen LogP) is 3.48. The molecular formula is C17H24INO2. The number of aliphatic hydroxyl groups excluding tert-OH is 1. The van der Waals surface area contributed by atoms with Crippen molar-refractivity contribution in [3.05, 3.63) is 27.3 Å². The monoisotopic (exact) mass is 401 g/mol. The number of phenols is 1. The molecule has 1 aromatic rings. The fourth-order valence-corrected chi connectivity index (χ4v) is 4.40. The summed E-state index contributed by atoms with van der Waals surface area (Å²) in [6.45, 7) is 2.17. The van der Waals surface area contributed by atoms with Gasteiger partial charge in [-0.3, -0.25) is 4.90 Å². The van der Waals surface area contributed by atoms with Gasteiger partial charge in [-0.2, -0.15) is 0 Å². The van der Waals surface area contributed by atoms with E-state index in [0.717, 1.165) is 42.3 Å². The van der Waals surface area contributed by atoms with E-state index in [1.165, 1.54) is 18.4 Å². The van der Waals surface area contributed by atoms with Gasteiger partial charge in [0, 0.05) is 6.04 Å². The lowest BCUT2D eigenvalue weighted by molar-refractivity contribution is 0.00870. The molecule has 0 spiro atoms. The molecule has 1 heterocycles. The van der Waals surface area contributed by atoms with Gasteiger partial charge in [0.1, 0.15) is 5.75 Å². The molecule has 2 fully saturated rings. The fourth-order valence-electron chi connectivity index (χ4n) is 3.86. The summed E-state index contributed by atoms with van der Waals surface area (Å²) < 4.78 is 0.940. The van der Waals surface area contributed by atoms with Crippen LogP contribution in [0.4, 0.5) is 0 Å². The van der Waals surface area contributed by atoms with E-state index in [1.54, 1.807) is 0 Å². The lowest BCUT2D eigenvalue weighted by Crippen LogP contribution is -2.48. The molecule has 21 heavy (non-hydrogen) atoms. The Kier molecular flexibility index (Phi) is 5.07. The molecule has 1 aromatic carbocycles. The van der Waals surface area contributed by atoms with Gasteiger partial charge < -0.3 is 10.2 Å². The number of hydrogen-bond acceptors (Lipinski definition) is 3. The molecule has 0 unspecified atom stereocenters. The van der Waals surface area contributed by atoms with E-state index in [0.29, 0.717) is 17.7 Å². The smallest absolute Gasteiger partial charge is 0.128 e. The highest BCUT2D eigenvalue weighted by molar-refractivity contribution is 14.1. The largest absolute Gasteiger partial charge is 0.507 e. The molecule has 3 nitrogen and oxygen atoms in total. The summed E-state index contributed by atoms with van der Waals surface area (Å²) in [5, 5.41) is 19.8. The molecule has 2 aliphatic rings. The molecular weight excluding hydrogens is 377 g/mol. The van der Waals surface area contributed by atoms with E-state index in [-0.39, 0.29) is 6.10 Å². The first-order valence-corrected chi connectivity index (χ1v) is 9.13. The third-order valence-electron chi connectivity index (χ3n) is 5.14. The van der Waals surface area contributed by atoms with E-state index < -0.39 is 0 Å². The molecule has 2 atom stereocenters. The van der Waals surface area contributed by atoms with Gasteiger partial charge in [0.05, 0.1) is 9.67 Å². The zero-order valence-electron chi connectivity index (χ0n) is 12.3. The molecule has 3 rings (SSSR count). The maximum absolute atomic E-state index is 10.2. The van der Waals surface area contributed by atoms with E-state index in [2.05, 4.69) is 39.6 Å². The molecule has 0 aromatic heterocycles. The van der Waals surface area contributed by atoms with Crippen molar-refractivity contribution in [2.75, 3.05) is 13.1 Å². The average molecular weight is 401 g/mol. The maximum atomic E-state index is 10.2. The maximum Gasteiger partial charge on any atom is 0.128 e.